The van der Waals surface area contributed by atoms with E-state index in [2.05, 4.69) is 6.26 Å². The van der Waals surface area contributed by atoms with Gasteiger partial charge in [0.2, 0.25) is 5.91 Å². The number of nitrogens with zero attached hydrogens (tertiary/aromatic N) is 1. The number of carbonyl (C=O) groups is 1. The van der Waals surface area contributed by atoms with Gasteiger partial charge in [0.1, 0.15) is 18.6 Å². The lowest BCUT2D eigenvalue weighted by Gasteiger charge is -2.25. The van der Waals surface area contributed by atoms with Crippen LogP contribution in [0.1, 0.15) is 10.9 Å². The first kappa shape index (κ1) is 13.9. The Hall–Kier alpha value is -1.01. The fraction of sp³-hybridized carbons (Fsp3) is 0.500. The van der Waals surface area contributed by atoms with Gasteiger partial charge in [0, 0.05) is 12.3 Å². The fourth-order valence-corrected chi connectivity index (χ4v) is 3.96. The van der Waals surface area contributed by atoms with Crippen LogP contribution in [0.3, 0.4) is 0 Å². The molecular weight excluding hydrogens is 294 g/mol. The van der Waals surface area contributed by atoms with Crippen LogP contribution in [0, 0.1) is 0 Å². The Morgan fingerprint density at radius 3 is 2.95 bits per heavy atom. The van der Waals surface area contributed by atoms with E-state index in [1.807, 2.05) is 23.1 Å². The summed E-state index contributed by atoms with van der Waals surface area (Å²) in [5.41, 5.74) is 1.12. The molecule has 108 valence electrons. The van der Waals surface area contributed by atoms with Crippen molar-refractivity contribution in [3.8, 4) is 11.5 Å². The summed E-state index contributed by atoms with van der Waals surface area (Å²) in [6.07, 6.45) is 2.06. The molecule has 1 amide bonds. The van der Waals surface area contributed by atoms with Crippen molar-refractivity contribution in [1.29, 1.82) is 0 Å². The first-order valence-electron chi connectivity index (χ1n) is 6.59. The summed E-state index contributed by atoms with van der Waals surface area (Å²) >= 11 is 3.45. The third kappa shape index (κ3) is 2.72. The van der Waals surface area contributed by atoms with Crippen LogP contribution >= 0.6 is 23.5 Å². The molecule has 0 spiro atoms. The maximum Gasteiger partial charge on any atom is 0.233 e. The predicted octanol–water partition coefficient (Wildman–Crippen LogP) is 2.39. The van der Waals surface area contributed by atoms with E-state index in [1.54, 1.807) is 23.5 Å². The molecule has 0 bridgehead atoms. The van der Waals surface area contributed by atoms with Gasteiger partial charge >= 0.3 is 0 Å². The van der Waals surface area contributed by atoms with E-state index in [-0.39, 0.29) is 11.3 Å². The number of benzene rings is 1. The Labute approximate surface area is 127 Å². The molecule has 2 aliphatic heterocycles. The number of hydrogen-bond acceptors (Lipinski definition) is 5. The zero-order chi connectivity index (χ0) is 13.9. The first-order chi connectivity index (χ1) is 9.79. The van der Waals surface area contributed by atoms with E-state index in [0.29, 0.717) is 19.0 Å². The normalized spacial score (nSPS) is 21.4. The fourth-order valence-electron chi connectivity index (χ4n) is 2.38. The van der Waals surface area contributed by atoms with Crippen LogP contribution in [-0.4, -0.2) is 48.3 Å². The molecule has 0 aromatic heterocycles. The van der Waals surface area contributed by atoms with Gasteiger partial charge in [0.05, 0.1) is 5.75 Å². The minimum atomic E-state index is 0.102. The van der Waals surface area contributed by atoms with Crippen molar-refractivity contribution in [1.82, 2.24) is 4.90 Å². The van der Waals surface area contributed by atoms with Crippen LogP contribution in [0.4, 0.5) is 0 Å². The third-order valence-electron chi connectivity index (χ3n) is 3.36. The van der Waals surface area contributed by atoms with Gasteiger partial charge < -0.3 is 14.4 Å². The largest absolute Gasteiger partial charge is 0.486 e. The predicted molar refractivity (Wildman–Crippen MR) is 82.7 cm³/mol. The zero-order valence-corrected chi connectivity index (χ0v) is 13.0. The lowest BCUT2D eigenvalue weighted by molar-refractivity contribution is -0.127. The molecule has 0 saturated carbocycles. The Morgan fingerprint density at radius 1 is 1.35 bits per heavy atom. The van der Waals surface area contributed by atoms with E-state index >= 15 is 0 Å². The number of ether oxygens (including phenoxy) is 2. The number of fused-ring (bicyclic) bond motifs is 1. The molecule has 2 aliphatic rings. The molecule has 20 heavy (non-hydrogen) atoms. The maximum absolute atomic E-state index is 12.0. The maximum atomic E-state index is 12.0. The highest BCUT2D eigenvalue weighted by molar-refractivity contribution is 8.00. The van der Waals surface area contributed by atoms with Crippen LogP contribution in [0.5, 0.6) is 11.5 Å². The second-order valence-corrected chi connectivity index (χ2v) is 6.70. The van der Waals surface area contributed by atoms with Crippen molar-refractivity contribution in [2.75, 3.05) is 37.5 Å². The second-order valence-electron chi connectivity index (χ2n) is 4.65. The molecule has 1 saturated heterocycles. The highest BCUT2D eigenvalue weighted by Crippen LogP contribution is 2.42. The molecule has 0 radical (unpaired) electrons. The minimum Gasteiger partial charge on any atom is -0.486 e. The Morgan fingerprint density at radius 2 is 2.15 bits per heavy atom. The number of rotatable bonds is 4. The van der Waals surface area contributed by atoms with Gasteiger partial charge in [0.15, 0.2) is 11.5 Å². The number of amides is 1. The molecule has 1 atom stereocenters. The standard InChI is InChI=1S/C14H17NO3S2/c1-19-7-4-15-13(16)9-20-14(15)10-2-3-11-12(8-10)18-6-5-17-11/h2-3,8,14H,4-7,9H2,1H3. The minimum absolute atomic E-state index is 0.102. The van der Waals surface area contributed by atoms with Crippen molar-refractivity contribution in [2.24, 2.45) is 0 Å². The molecule has 1 aromatic rings. The lowest BCUT2D eigenvalue weighted by Crippen LogP contribution is -2.30. The average Bonchev–Trinajstić information content (AvgIpc) is 2.85. The summed E-state index contributed by atoms with van der Waals surface area (Å²) in [4.78, 5) is 14.0. The zero-order valence-electron chi connectivity index (χ0n) is 11.3. The number of carbonyl (C=O) groups excluding carboxylic acids is 1. The average molecular weight is 311 g/mol. The lowest BCUT2D eigenvalue weighted by atomic mass is 10.1. The quantitative estimate of drug-likeness (QED) is 0.854. The van der Waals surface area contributed by atoms with E-state index < -0.39 is 0 Å². The van der Waals surface area contributed by atoms with Gasteiger partial charge in [-0.15, -0.1) is 11.8 Å². The molecule has 1 aromatic carbocycles. The molecule has 2 heterocycles. The van der Waals surface area contributed by atoms with Gasteiger partial charge in [0.25, 0.3) is 0 Å². The summed E-state index contributed by atoms with van der Waals surface area (Å²) in [6, 6.07) is 5.99. The monoisotopic (exact) mass is 311 g/mol. The smallest absolute Gasteiger partial charge is 0.233 e. The van der Waals surface area contributed by atoms with E-state index in [1.165, 1.54) is 0 Å². The molecule has 1 unspecified atom stereocenters. The van der Waals surface area contributed by atoms with Crippen LogP contribution in [0.25, 0.3) is 0 Å². The summed E-state index contributed by atoms with van der Waals surface area (Å²) in [6.45, 7) is 1.98. The summed E-state index contributed by atoms with van der Waals surface area (Å²) in [7, 11) is 0. The molecule has 4 nitrogen and oxygen atoms in total. The third-order valence-corrected chi connectivity index (χ3v) is 5.20. The van der Waals surface area contributed by atoms with E-state index in [9.17, 15) is 4.79 Å². The van der Waals surface area contributed by atoms with Crippen LogP contribution < -0.4 is 9.47 Å². The highest BCUT2D eigenvalue weighted by Gasteiger charge is 2.33. The van der Waals surface area contributed by atoms with Crippen molar-refractivity contribution < 1.29 is 14.3 Å². The Bertz CT molecular complexity index is 509. The summed E-state index contributed by atoms with van der Waals surface area (Å²) in [5, 5.41) is 0.102. The first-order valence-corrected chi connectivity index (χ1v) is 9.03. The summed E-state index contributed by atoms with van der Waals surface area (Å²) in [5.74, 6) is 3.34. The molecule has 6 heteroatoms. The van der Waals surface area contributed by atoms with E-state index in [4.69, 9.17) is 9.47 Å². The second kappa shape index (κ2) is 6.18. The number of hydrogen-bond donors (Lipinski definition) is 0. The van der Waals surface area contributed by atoms with Gasteiger partial charge in [-0.3, -0.25) is 4.79 Å². The van der Waals surface area contributed by atoms with Gasteiger partial charge in [-0.1, -0.05) is 6.07 Å². The van der Waals surface area contributed by atoms with Gasteiger partial charge in [-0.2, -0.15) is 11.8 Å². The molecule has 1 fully saturated rings. The van der Waals surface area contributed by atoms with Crippen molar-refractivity contribution in [3.63, 3.8) is 0 Å². The van der Waals surface area contributed by atoms with Crippen molar-refractivity contribution in [3.05, 3.63) is 23.8 Å². The Kier molecular flexibility index (Phi) is 4.31. The van der Waals surface area contributed by atoms with Crippen LogP contribution in [-0.2, 0) is 4.79 Å². The van der Waals surface area contributed by atoms with Crippen molar-refractivity contribution in [2.45, 2.75) is 5.37 Å². The number of thioether (sulfide) groups is 2. The Balaban J connectivity index is 1.82. The van der Waals surface area contributed by atoms with E-state index in [0.717, 1.165) is 29.4 Å². The topological polar surface area (TPSA) is 38.8 Å². The SMILES string of the molecule is CSCCN1C(=O)CSC1c1ccc2c(c1)OCCO2. The van der Waals surface area contributed by atoms with Crippen LogP contribution in [0.2, 0.25) is 0 Å². The molecule has 3 rings (SSSR count). The molecule has 0 N–H and O–H groups in total. The molecule has 0 aliphatic carbocycles. The highest BCUT2D eigenvalue weighted by atomic mass is 32.2. The molecular formula is C14H17NO3S2. The summed E-state index contributed by atoms with van der Waals surface area (Å²) < 4.78 is 11.2. The van der Waals surface area contributed by atoms with Crippen LogP contribution in [0.15, 0.2) is 18.2 Å². The van der Waals surface area contributed by atoms with Gasteiger partial charge in [-0.05, 0) is 24.0 Å². The van der Waals surface area contributed by atoms with Crippen molar-refractivity contribution >= 4 is 29.4 Å². The van der Waals surface area contributed by atoms with Gasteiger partial charge in [-0.25, -0.2) is 0 Å².